The molecule has 0 spiro atoms. The fraction of sp³-hybridized carbons (Fsp3) is 0.174. The maximum atomic E-state index is 12.9. The molecule has 2 N–H and O–H groups in total. The zero-order valence-electron chi connectivity index (χ0n) is 18.2. The quantitative estimate of drug-likeness (QED) is 0.304. The van der Waals surface area contributed by atoms with Crippen molar-refractivity contribution in [2.45, 2.75) is 26.9 Å². The van der Waals surface area contributed by atoms with Gasteiger partial charge in [-0.25, -0.2) is 4.98 Å². The molecule has 0 unspecified atom stereocenters. The van der Waals surface area contributed by atoms with E-state index >= 15 is 0 Å². The van der Waals surface area contributed by atoms with Gasteiger partial charge in [0.05, 0.1) is 17.1 Å². The molecule has 1 aromatic carbocycles. The standard InChI is InChI=1S/C23H22N6O2S2/c1-4-10-29-19(26-27-23(29)32)18-15(3)24-22(33-18)25-20(30)17-9-6-11-28(21(17)31)13-16-8-5-7-14(2)12-16/h4-9,11-12H,1,10,13H2,2-3H3,(H,27,32)(H,24,25,30). The maximum absolute atomic E-state index is 12.9. The number of hydrogen-bond acceptors (Lipinski definition) is 6. The normalized spacial score (nSPS) is 10.8. The molecule has 0 fully saturated rings. The fourth-order valence-corrected chi connectivity index (χ4v) is 4.62. The van der Waals surface area contributed by atoms with Crippen LogP contribution < -0.4 is 10.9 Å². The second kappa shape index (κ2) is 9.47. The lowest BCUT2D eigenvalue weighted by Crippen LogP contribution is -2.29. The van der Waals surface area contributed by atoms with Gasteiger partial charge in [0.25, 0.3) is 11.5 Å². The van der Waals surface area contributed by atoms with E-state index in [4.69, 9.17) is 12.2 Å². The number of amides is 1. The molecule has 4 rings (SSSR count). The molecule has 3 aromatic heterocycles. The summed E-state index contributed by atoms with van der Waals surface area (Å²) in [6.07, 6.45) is 3.40. The van der Waals surface area contributed by atoms with Crippen LogP contribution in [0.2, 0.25) is 0 Å². The van der Waals surface area contributed by atoms with E-state index in [2.05, 4.69) is 27.1 Å². The summed E-state index contributed by atoms with van der Waals surface area (Å²) in [5.41, 5.74) is 2.48. The number of aromatic amines is 1. The maximum Gasteiger partial charge on any atom is 0.263 e. The molecule has 1 amide bonds. The first-order valence-corrected chi connectivity index (χ1v) is 11.4. The number of thiazole rings is 1. The third kappa shape index (κ3) is 4.76. The first kappa shape index (κ1) is 22.6. The Morgan fingerprint density at radius 1 is 1.30 bits per heavy atom. The van der Waals surface area contributed by atoms with Gasteiger partial charge in [-0.2, -0.15) is 5.10 Å². The minimum absolute atomic E-state index is 0.0499. The Morgan fingerprint density at radius 3 is 2.88 bits per heavy atom. The lowest BCUT2D eigenvalue weighted by atomic mass is 10.1. The predicted molar refractivity (Wildman–Crippen MR) is 132 cm³/mol. The van der Waals surface area contributed by atoms with Gasteiger partial charge < -0.3 is 4.57 Å². The zero-order chi connectivity index (χ0) is 23.5. The second-order valence-corrected chi connectivity index (χ2v) is 8.87. The minimum atomic E-state index is -0.510. The molecule has 4 aromatic rings. The molecule has 168 valence electrons. The monoisotopic (exact) mass is 478 g/mol. The lowest BCUT2D eigenvalue weighted by Gasteiger charge is -2.08. The SMILES string of the molecule is C=CCn1c(-c2sc(NC(=O)c3cccn(Cc4cccc(C)c4)c3=O)nc2C)n[nH]c1=S. The summed E-state index contributed by atoms with van der Waals surface area (Å²) in [6, 6.07) is 11.1. The van der Waals surface area contributed by atoms with E-state index in [-0.39, 0.29) is 11.1 Å². The van der Waals surface area contributed by atoms with Crippen LogP contribution in [-0.2, 0) is 13.1 Å². The third-order valence-corrected chi connectivity index (χ3v) is 6.37. The van der Waals surface area contributed by atoms with Crippen molar-refractivity contribution in [3.63, 3.8) is 0 Å². The minimum Gasteiger partial charge on any atom is -0.310 e. The first-order chi connectivity index (χ1) is 15.9. The largest absolute Gasteiger partial charge is 0.310 e. The Hall–Kier alpha value is -3.63. The van der Waals surface area contributed by atoms with Gasteiger partial charge in [-0.3, -0.25) is 24.6 Å². The van der Waals surface area contributed by atoms with Crippen LogP contribution in [0.4, 0.5) is 5.13 Å². The number of nitrogens with zero attached hydrogens (tertiary/aromatic N) is 4. The topological polar surface area (TPSA) is 97.6 Å². The predicted octanol–water partition coefficient (Wildman–Crippen LogP) is 4.33. The molecule has 0 radical (unpaired) electrons. The molecule has 0 aliphatic rings. The van der Waals surface area contributed by atoms with Crippen LogP contribution in [0.1, 0.15) is 27.2 Å². The lowest BCUT2D eigenvalue weighted by molar-refractivity contribution is 0.102. The van der Waals surface area contributed by atoms with E-state index in [0.717, 1.165) is 16.0 Å². The van der Waals surface area contributed by atoms with Crippen molar-refractivity contribution in [1.82, 2.24) is 24.3 Å². The molecule has 0 bridgehead atoms. The van der Waals surface area contributed by atoms with Gasteiger partial charge in [-0.05, 0) is 43.8 Å². The molecule has 8 nitrogen and oxygen atoms in total. The van der Waals surface area contributed by atoms with Crippen molar-refractivity contribution in [3.05, 3.63) is 92.8 Å². The summed E-state index contributed by atoms with van der Waals surface area (Å²) in [5.74, 6) is 0.111. The summed E-state index contributed by atoms with van der Waals surface area (Å²) < 4.78 is 3.80. The highest BCUT2D eigenvalue weighted by molar-refractivity contribution is 7.71. The molecular formula is C23H22N6O2S2. The summed E-state index contributed by atoms with van der Waals surface area (Å²) in [7, 11) is 0. The summed E-state index contributed by atoms with van der Waals surface area (Å²) in [4.78, 5) is 31.1. The van der Waals surface area contributed by atoms with E-state index < -0.39 is 5.91 Å². The first-order valence-electron chi connectivity index (χ1n) is 10.2. The number of hydrogen-bond donors (Lipinski definition) is 2. The molecule has 3 heterocycles. The number of aromatic nitrogens is 5. The highest BCUT2D eigenvalue weighted by Gasteiger charge is 2.19. The summed E-state index contributed by atoms with van der Waals surface area (Å²) in [6.45, 7) is 8.45. The fourth-order valence-electron chi connectivity index (χ4n) is 3.45. The van der Waals surface area contributed by atoms with Gasteiger partial charge in [0.2, 0.25) is 0 Å². The Labute approximate surface area is 199 Å². The number of allylic oxidation sites excluding steroid dienone is 1. The third-order valence-electron chi connectivity index (χ3n) is 4.99. The van der Waals surface area contributed by atoms with Gasteiger partial charge in [-0.15, -0.1) is 6.58 Å². The highest BCUT2D eigenvalue weighted by Crippen LogP contribution is 2.31. The number of nitrogens with one attached hydrogen (secondary N) is 2. The van der Waals surface area contributed by atoms with E-state index in [1.165, 1.54) is 22.0 Å². The molecule has 0 aliphatic heterocycles. The molecule has 0 saturated carbocycles. The van der Waals surface area contributed by atoms with Crippen molar-refractivity contribution < 1.29 is 4.79 Å². The van der Waals surface area contributed by atoms with Crippen LogP contribution in [0.25, 0.3) is 10.7 Å². The van der Waals surface area contributed by atoms with Gasteiger partial charge in [0.15, 0.2) is 15.7 Å². The Bertz CT molecular complexity index is 1460. The van der Waals surface area contributed by atoms with Crippen LogP contribution >= 0.6 is 23.6 Å². The number of anilines is 1. The Kier molecular flexibility index (Phi) is 6.47. The summed E-state index contributed by atoms with van der Waals surface area (Å²) >= 11 is 6.54. The molecule has 0 atom stereocenters. The van der Waals surface area contributed by atoms with Gasteiger partial charge in [0, 0.05) is 12.7 Å². The summed E-state index contributed by atoms with van der Waals surface area (Å²) in [5, 5.41) is 10.2. The number of pyridine rings is 1. The number of carbonyl (C=O) groups is 1. The van der Waals surface area contributed by atoms with Crippen molar-refractivity contribution in [2.75, 3.05) is 5.32 Å². The second-order valence-electron chi connectivity index (χ2n) is 7.48. The molecule has 0 saturated heterocycles. The molecule has 10 heteroatoms. The zero-order valence-corrected chi connectivity index (χ0v) is 19.8. The van der Waals surface area contributed by atoms with E-state index in [9.17, 15) is 9.59 Å². The number of carbonyl (C=O) groups excluding carboxylic acids is 1. The van der Waals surface area contributed by atoms with Gasteiger partial charge in [-0.1, -0.05) is 47.2 Å². The van der Waals surface area contributed by atoms with Crippen molar-refractivity contribution in [3.8, 4) is 10.7 Å². The number of rotatable bonds is 7. The molecular weight excluding hydrogens is 456 g/mol. The number of benzene rings is 1. The van der Waals surface area contributed by atoms with Gasteiger partial charge >= 0.3 is 0 Å². The average Bonchev–Trinajstić information content (AvgIpc) is 3.31. The number of aryl methyl sites for hydroxylation is 2. The van der Waals surface area contributed by atoms with Crippen molar-refractivity contribution in [1.29, 1.82) is 0 Å². The average molecular weight is 479 g/mol. The van der Waals surface area contributed by atoms with Crippen LogP contribution in [-0.4, -0.2) is 30.2 Å². The van der Waals surface area contributed by atoms with E-state index in [1.54, 1.807) is 22.9 Å². The highest BCUT2D eigenvalue weighted by atomic mass is 32.1. The van der Waals surface area contributed by atoms with Crippen LogP contribution in [0.15, 0.2) is 60.0 Å². The van der Waals surface area contributed by atoms with Crippen LogP contribution in [0, 0.1) is 18.6 Å². The number of H-pyrrole nitrogens is 1. The Morgan fingerprint density at radius 2 is 2.12 bits per heavy atom. The van der Waals surface area contributed by atoms with Gasteiger partial charge in [0.1, 0.15) is 5.56 Å². The smallest absolute Gasteiger partial charge is 0.263 e. The van der Waals surface area contributed by atoms with Crippen LogP contribution in [0.3, 0.4) is 0 Å². The van der Waals surface area contributed by atoms with E-state index in [1.807, 2.05) is 38.1 Å². The van der Waals surface area contributed by atoms with Crippen molar-refractivity contribution >= 4 is 34.6 Å². The molecule has 33 heavy (non-hydrogen) atoms. The van der Waals surface area contributed by atoms with Crippen LogP contribution in [0.5, 0.6) is 0 Å². The Balaban J connectivity index is 1.59. The van der Waals surface area contributed by atoms with E-state index in [0.29, 0.717) is 34.5 Å². The van der Waals surface area contributed by atoms with Crippen molar-refractivity contribution in [2.24, 2.45) is 0 Å². The molecule has 0 aliphatic carbocycles.